The van der Waals surface area contributed by atoms with Crippen molar-refractivity contribution in [2.24, 2.45) is 5.92 Å². The van der Waals surface area contributed by atoms with Crippen LogP contribution >= 0.6 is 0 Å². The van der Waals surface area contributed by atoms with Crippen LogP contribution in [0.3, 0.4) is 0 Å². The maximum absolute atomic E-state index is 12.5. The molecule has 1 aromatic heterocycles. The molecule has 1 aromatic rings. The van der Waals surface area contributed by atoms with Crippen LogP contribution in [0.4, 0.5) is 0 Å². The predicted molar refractivity (Wildman–Crippen MR) is 77.0 cm³/mol. The Bertz CT molecular complexity index is 484. The number of ether oxygens (including phenoxy) is 2. The summed E-state index contributed by atoms with van der Waals surface area (Å²) >= 11 is 0. The average molecular weight is 291 g/mol. The van der Waals surface area contributed by atoms with E-state index in [1.165, 1.54) is 12.5 Å². The first-order valence-corrected chi connectivity index (χ1v) is 7.43. The van der Waals surface area contributed by atoms with Crippen molar-refractivity contribution in [3.05, 3.63) is 36.8 Å². The van der Waals surface area contributed by atoms with Gasteiger partial charge in [-0.05, 0) is 24.8 Å². The van der Waals surface area contributed by atoms with E-state index in [-0.39, 0.29) is 18.1 Å². The third kappa shape index (κ3) is 3.04. The van der Waals surface area contributed by atoms with Crippen molar-refractivity contribution >= 4 is 5.91 Å². The Balaban J connectivity index is 1.64. The van der Waals surface area contributed by atoms with Crippen LogP contribution in [0.2, 0.25) is 0 Å². The van der Waals surface area contributed by atoms with Crippen LogP contribution < -0.4 is 0 Å². The van der Waals surface area contributed by atoms with Gasteiger partial charge < -0.3 is 18.8 Å². The molecule has 0 N–H and O–H groups in total. The third-order valence-corrected chi connectivity index (χ3v) is 4.25. The van der Waals surface area contributed by atoms with Crippen LogP contribution in [0.5, 0.6) is 0 Å². The zero-order chi connectivity index (χ0) is 14.7. The lowest BCUT2D eigenvalue weighted by molar-refractivity contribution is -0.0449. The van der Waals surface area contributed by atoms with Gasteiger partial charge in [0.1, 0.15) is 6.26 Å². The topological polar surface area (TPSA) is 51.9 Å². The van der Waals surface area contributed by atoms with E-state index >= 15 is 0 Å². The average Bonchev–Trinajstić information content (AvgIpc) is 3.15. The number of amides is 1. The number of nitrogens with zero attached hydrogens (tertiary/aromatic N) is 1. The molecular formula is C16H21NO4. The van der Waals surface area contributed by atoms with Gasteiger partial charge in [0.2, 0.25) is 0 Å². The maximum atomic E-state index is 12.5. The largest absolute Gasteiger partial charge is 0.472 e. The number of carbonyl (C=O) groups is 1. The summed E-state index contributed by atoms with van der Waals surface area (Å²) in [7, 11) is 0. The lowest BCUT2D eigenvalue weighted by Gasteiger charge is -2.37. The molecule has 114 valence electrons. The highest BCUT2D eigenvalue weighted by atomic mass is 16.5. The van der Waals surface area contributed by atoms with Crippen molar-refractivity contribution < 1.29 is 18.7 Å². The van der Waals surface area contributed by atoms with E-state index in [9.17, 15) is 4.79 Å². The van der Waals surface area contributed by atoms with Crippen molar-refractivity contribution in [1.29, 1.82) is 0 Å². The molecule has 5 nitrogen and oxygen atoms in total. The van der Waals surface area contributed by atoms with Gasteiger partial charge in [0, 0.05) is 13.2 Å². The lowest BCUT2D eigenvalue weighted by Crippen LogP contribution is -2.51. The van der Waals surface area contributed by atoms with Gasteiger partial charge in [-0.15, -0.1) is 6.58 Å². The zero-order valence-electron chi connectivity index (χ0n) is 12.1. The Kier molecular flexibility index (Phi) is 4.41. The standard InChI is InChI=1S/C16H21NO4/c1-2-5-19-10-12-8-14-15(9-12)21-7-4-17(14)16(18)13-3-6-20-11-13/h2-3,6,11-12,14-15H,1,4-5,7-10H2/t12-,14-,15-/m0/s1. The molecule has 3 atom stereocenters. The summed E-state index contributed by atoms with van der Waals surface area (Å²) in [6.45, 7) is 6.17. The second-order valence-electron chi connectivity index (χ2n) is 5.65. The van der Waals surface area contributed by atoms with E-state index in [0.29, 0.717) is 37.8 Å². The van der Waals surface area contributed by atoms with E-state index in [1.54, 1.807) is 12.1 Å². The molecule has 0 unspecified atom stereocenters. The summed E-state index contributed by atoms with van der Waals surface area (Å²) in [5.41, 5.74) is 0.613. The lowest BCUT2D eigenvalue weighted by atomic mass is 10.1. The van der Waals surface area contributed by atoms with E-state index in [4.69, 9.17) is 13.9 Å². The summed E-state index contributed by atoms with van der Waals surface area (Å²) in [5, 5.41) is 0. The Morgan fingerprint density at radius 3 is 3.19 bits per heavy atom. The van der Waals surface area contributed by atoms with Crippen LogP contribution in [0.15, 0.2) is 35.7 Å². The van der Waals surface area contributed by atoms with Crippen LogP contribution in [-0.2, 0) is 9.47 Å². The highest BCUT2D eigenvalue weighted by Gasteiger charge is 2.43. The number of hydrogen-bond donors (Lipinski definition) is 0. The minimum Gasteiger partial charge on any atom is -0.472 e. The van der Waals surface area contributed by atoms with Gasteiger partial charge >= 0.3 is 0 Å². The Labute approximate surface area is 124 Å². The minimum atomic E-state index is 0.0368. The van der Waals surface area contributed by atoms with Crippen molar-refractivity contribution in [2.45, 2.75) is 25.0 Å². The van der Waals surface area contributed by atoms with Crippen LogP contribution in [-0.4, -0.2) is 49.3 Å². The molecule has 1 aliphatic carbocycles. The minimum absolute atomic E-state index is 0.0368. The van der Waals surface area contributed by atoms with E-state index in [1.807, 2.05) is 4.90 Å². The number of carbonyl (C=O) groups excluding carboxylic acids is 1. The Morgan fingerprint density at radius 1 is 1.52 bits per heavy atom. The van der Waals surface area contributed by atoms with E-state index < -0.39 is 0 Å². The number of morpholine rings is 1. The molecule has 0 spiro atoms. The smallest absolute Gasteiger partial charge is 0.257 e. The molecule has 1 saturated carbocycles. The molecule has 0 aromatic carbocycles. The first-order chi connectivity index (χ1) is 10.3. The first kappa shape index (κ1) is 14.4. The molecule has 2 heterocycles. The van der Waals surface area contributed by atoms with Gasteiger partial charge in [-0.25, -0.2) is 0 Å². The molecule has 5 heteroatoms. The van der Waals surface area contributed by atoms with E-state index in [2.05, 4.69) is 6.58 Å². The van der Waals surface area contributed by atoms with Gasteiger partial charge in [0.15, 0.2) is 0 Å². The summed E-state index contributed by atoms with van der Waals surface area (Å²) in [5.74, 6) is 0.479. The molecule has 2 aliphatic rings. The van der Waals surface area contributed by atoms with Crippen LogP contribution in [0, 0.1) is 5.92 Å². The van der Waals surface area contributed by atoms with Gasteiger partial charge in [0.05, 0.1) is 37.2 Å². The number of rotatable bonds is 5. The summed E-state index contributed by atoms with van der Waals surface area (Å²) < 4.78 is 16.4. The second kappa shape index (κ2) is 6.45. The highest BCUT2D eigenvalue weighted by molar-refractivity contribution is 5.94. The molecule has 21 heavy (non-hydrogen) atoms. The number of furan rings is 1. The Hall–Kier alpha value is -1.59. The molecule has 2 fully saturated rings. The fourth-order valence-electron chi connectivity index (χ4n) is 3.31. The number of fused-ring (bicyclic) bond motifs is 1. The summed E-state index contributed by atoms with van der Waals surface area (Å²) in [4.78, 5) is 14.5. The van der Waals surface area contributed by atoms with Crippen LogP contribution in [0.1, 0.15) is 23.2 Å². The van der Waals surface area contributed by atoms with Crippen molar-refractivity contribution in [2.75, 3.05) is 26.4 Å². The van der Waals surface area contributed by atoms with Gasteiger partial charge in [0.25, 0.3) is 5.91 Å². The van der Waals surface area contributed by atoms with Gasteiger partial charge in [-0.1, -0.05) is 6.08 Å². The fourth-order valence-corrected chi connectivity index (χ4v) is 3.31. The van der Waals surface area contributed by atoms with Crippen LogP contribution in [0.25, 0.3) is 0 Å². The maximum Gasteiger partial charge on any atom is 0.257 e. The van der Waals surface area contributed by atoms with Crippen molar-refractivity contribution in [1.82, 2.24) is 4.90 Å². The third-order valence-electron chi connectivity index (χ3n) is 4.25. The monoisotopic (exact) mass is 291 g/mol. The Morgan fingerprint density at radius 2 is 2.43 bits per heavy atom. The fraction of sp³-hybridized carbons (Fsp3) is 0.562. The summed E-state index contributed by atoms with van der Waals surface area (Å²) in [6.07, 6.45) is 6.82. The molecule has 1 saturated heterocycles. The first-order valence-electron chi connectivity index (χ1n) is 7.43. The second-order valence-corrected chi connectivity index (χ2v) is 5.65. The predicted octanol–water partition coefficient (Wildman–Crippen LogP) is 2.10. The molecule has 3 rings (SSSR count). The normalized spacial score (nSPS) is 28.4. The molecule has 1 aliphatic heterocycles. The number of hydrogen-bond acceptors (Lipinski definition) is 4. The SMILES string of the molecule is C=CCOC[C@@H]1C[C@@H]2OCCN(C(=O)c3ccoc3)[C@H]2C1. The zero-order valence-corrected chi connectivity index (χ0v) is 12.1. The summed E-state index contributed by atoms with van der Waals surface area (Å²) in [6, 6.07) is 1.87. The molecular weight excluding hydrogens is 270 g/mol. The van der Waals surface area contributed by atoms with Gasteiger partial charge in [-0.2, -0.15) is 0 Å². The van der Waals surface area contributed by atoms with Crippen molar-refractivity contribution in [3.63, 3.8) is 0 Å². The van der Waals surface area contributed by atoms with Crippen molar-refractivity contribution in [3.8, 4) is 0 Å². The molecule has 0 radical (unpaired) electrons. The highest BCUT2D eigenvalue weighted by Crippen LogP contribution is 2.35. The van der Waals surface area contributed by atoms with E-state index in [0.717, 1.165) is 12.8 Å². The molecule has 1 amide bonds. The quantitative estimate of drug-likeness (QED) is 0.616. The van der Waals surface area contributed by atoms with Gasteiger partial charge in [-0.3, -0.25) is 4.79 Å². The molecule has 0 bridgehead atoms.